The topological polar surface area (TPSA) is 111 Å². The van der Waals surface area contributed by atoms with Gasteiger partial charge in [-0.05, 0) is 51.4 Å². The second kappa shape index (κ2) is 70.1. The van der Waals surface area contributed by atoms with Crippen LogP contribution in [0.3, 0.4) is 0 Å². The monoisotopic (exact) mass is 1240 g/mol. The summed E-state index contributed by atoms with van der Waals surface area (Å²) in [5.41, 5.74) is 0. The highest BCUT2D eigenvalue weighted by molar-refractivity contribution is 5.70. The molecule has 0 radical (unpaired) electrons. The van der Waals surface area contributed by atoms with Crippen LogP contribution in [0.15, 0.2) is 48.6 Å². The highest BCUT2D eigenvalue weighted by Gasteiger charge is 2.22. The molecule has 2 atom stereocenters. The van der Waals surface area contributed by atoms with Crippen molar-refractivity contribution in [2.45, 2.75) is 392 Å². The molecular weight excluding hydrogens is 1090 g/mol. The van der Waals surface area contributed by atoms with Gasteiger partial charge >= 0.3 is 11.9 Å². The Morgan fingerprint density at radius 3 is 0.966 bits per heavy atom. The van der Waals surface area contributed by atoms with E-state index in [2.05, 4.69) is 62.5 Å². The molecule has 0 saturated carbocycles. The molecule has 0 fully saturated rings. The molecule has 9 heteroatoms. The third-order valence-corrected chi connectivity index (χ3v) is 17.3. The predicted octanol–water partition coefficient (Wildman–Crippen LogP) is 22.8. The van der Waals surface area contributed by atoms with Gasteiger partial charge in [-0.25, -0.2) is 0 Å². The number of ether oxygens (including phenoxy) is 4. The van der Waals surface area contributed by atoms with Crippen molar-refractivity contribution in [3.63, 3.8) is 0 Å². The molecule has 9 nitrogen and oxygen atoms in total. The fraction of sp³-hybridized carbons (Fsp3) is 0.861. The molecule has 0 aromatic rings. The van der Waals surface area contributed by atoms with Crippen LogP contribution < -0.4 is 5.11 Å². The molecule has 2 unspecified atom stereocenters. The van der Waals surface area contributed by atoms with Crippen LogP contribution in [-0.2, 0) is 33.3 Å². The highest BCUT2D eigenvalue weighted by Crippen LogP contribution is 2.20. The van der Waals surface area contributed by atoms with Gasteiger partial charge in [0, 0.05) is 12.8 Å². The molecule has 0 spiro atoms. The number of quaternary nitrogens is 1. The number of carbonyl (C=O) groups excluding carboxylic acids is 3. The summed E-state index contributed by atoms with van der Waals surface area (Å²) < 4.78 is 22.8. The van der Waals surface area contributed by atoms with E-state index in [1.54, 1.807) is 0 Å². The summed E-state index contributed by atoms with van der Waals surface area (Å²) >= 11 is 0. The Morgan fingerprint density at radius 2 is 0.648 bits per heavy atom. The van der Waals surface area contributed by atoms with Crippen molar-refractivity contribution in [3.05, 3.63) is 48.6 Å². The van der Waals surface area contributed by atoms with Crippen LogP contribution in [0.4, 0.5) is 0 Å². The highest BCUT2D eigenvalue weighted by atomic mass is 16.7. The van der Waals surface area contributed by atoms with Gasteiger partial charge in [0.25, 0.3) is 0 Å². The van der Waals surface area contributed by atoms with Crippen molar-refractivity contribution in [2.24, 2.45) is 0 Å². The molecular formula is C79H147NO8. The molecule has 0 bridgehead atoms. The van der Waals surface area contributed by atoms with Gasteiger partial charge in [0.1, 0.15) is 13.2 Å². The summed E-state index contributed by atoms with van der Waals surface area (Å²) in [6.07, 6.45) is 88.1. The summed E-state index contributed by atoms with van der Waals surface area (Å²) in [6.45, 7) is 4.69. The van der Waals surface area contributed by atoms with Crippen molar-refractivity contribution in [2.75, 3.05) is 47.5 Å². The maximum atomic E-state index is 12.9. The maximum absolute atomic E-state index is 12.9. The van der Waals surface area contributed by atoms with Crippen molar-refractivity contribution < 1.29 is 42.9 Å². The molecule has 0 aliphatic rings. The molecule has 0 aliphatic carbocycles. The number of esters is 2. The normalized spacial score (nSPS) is 12.9. The minimum Gasteiger partial charge on any atom is -0.545 e. The predicted molar refractivity (Wildman–Crippen MR) is 376 cm³/mol. The molecule has 0 heterocycles. The first-order chi connectivity index (χ1) is 43.1. The molecule has 0 aromatic heterocycles. The Kier molecular flexibility index (Phi) is 67.9. The fourth-order valence-electron chi connectivity index (χ4n) is 11.5. The summed E-state index contributed by atoms with van der Waals surface area (Å²) in [4.78, 5) is 37.5. The van der Waals surface area contributed by atoms with E-state index >= 15 is 0 Å². The Hall–Kier alpha value is -2.75. The Morgan fingerprint density at radius 1 is 0.352 bits per heavy atom. The molecule has 0 amide bonds. The Balaban J connectivity index is 3.93. The molecule has 0 rings (SSSR count). The zero-order valence-corrected chi connectivity index (χ0v) is 59.1. The number of carboxylic acids is 1. The number of rotatable bonds is 72. The van der Waals surface area contributed by atoms with Gasteiger partial charge in [-0.2, -0.15) is 0 Å². The van der Waals surface area contributed by atoms with Gasteiger partial charge in [-0.3, -0.25) is 9.59 Å². The summed E-state index contributed by atoms with van der Waals surface area (Å²) in [7, 11) is 5.94. The molecule has 0 aliphatic heterocycles. The quantitative estimate of drug-likeness (QED) is 0.0195. The smallest absolute Gasteiger partial charge is 0.306 e. The van der Waals surface area contributed by atoms with Gasteiger partial charge in [-0.1, -0.05) is 364 Å². The van der Waals surface area contributed by atoms with Crippen LogP contribution in [0.2, 0.25) is 0 Å². The number of hydrogen-bond donors (Lipinski definition) is 0. The average Bonchev–Trinajstić information content (AvgIpc) is 3.51. The minimum absolute atomic E-state index is 0.147. The van der Waals surface area contributed by atoms with Gasteiger partial charge < -0.3 is 33.3 Å². The maximum Gasteiger partial charge on any atom is 0.306 e. The zero-order valence-electron chi connectivity index (χ0n) is 59.1. The first-order valence-corrected chi connectivity index (χ1v) is 38.3. The van der Waals surface area contributed by atoms with Crippen molar-refractivity contribution >= 4 is 17.9 Å². The van der Waals surface area contributed by atoms with Crippen molar-refractivity contribution in [1.29, 1.82) is 0 Å². The lowest BCUT2D eigenvalue weighted by molar-refractivity contribution is -0.870. The van der Waals surface area contributed by atoms with Gasteiger partial charge in [0.05, 0.1) is 40.3 Å². The summed E-state index contributed by atoms with van der Waals surface area (Å²) in [5.74, 6) is -2.27. The Bertz CT molecular complexity index is 1580. The standard InChI is InChI=1S/C79H147NO8/c1-6-8-10-12-14-16-18-20-22-24-26-28-30-31-32-33-34-35-36-37-38-39-40-41-42-43-44-45-46-48-49-51-53-55-57-59-61-63-65-67-69-76(81)86-73-75(74-87-79(78(83)84)85-72-71-80(3,4)5)88-77(82)70-68-66-64-62-60-58-56-54-52-50-47-29-27-25-23-21-19-17-15-13-11-9-7-2/h9,11,15,17,21,23,27,29,75,79H,6-8,10,12-14,16,18-20,22,24-26,28,30-74H2,1-5H3/b11-9-,17-15-,23-21-,29-27-. The zero-order chi connectivity index (χ0) is 64.0. The van der Waals surface area contributed by atoms with E-state index in [0.29, 0.717) is 23.9 Å². The van der Waals surface area contributed by atoms with Gasteiger partial charge in [-0.15, -0.1) is 0 Å². The summed E-state index contributed by atoms with van der Waals surface area (Å²) in [5, 5.41) is 11.8. The average molecular weight is 1240 g/mol. The molecule has 0 N–H and O–H groups in total. The number of carboxylic acid groups (broad SMARTS) is 1. The van der Waals surface area contributed by atoms with Crippen LogP contribution >= 0.6 is 0 Å². The SMILES string of the molecule is CC/C=C\C/C=C\C/C=C\C/C=C\CCCCCCCCCCCCC(=O)OC(COC(=O)CCCCCCCCCCCCCCCCCCCCCCCCCCCCCCCCCCCCCCCCCC)COC(OCC[N+](C)(C)C)C(=O)[O-]. The largest absolute Gasteiger partial charge is 0.545 e. The third kappa shape index (κ3) is 70.7. The lowest BCUT2D eigenvalue weighted by atomic mass is 10.0. The third-order valence-electron chi connectivity index (χ3n) is 17.3. The Labute approximate surface area is 546 Å². The van der Waals surface area contributed by atoms with Crippen molar-refractivity contribution in [1.82, 2.24) is 0 Å². The van der Waals surface area contributed by atoms with E-state index in [1.165, 1.54) is 276 Å². The van der Waals surface area contributed by atoms with Crippen LogP contribution in [0, 0.1) is 0 Å². The number of aliphatic carboxylic acids is 1. The number of allylic oxidation sites excluding steroid dienone is 8. The first-order valence-electron chi connectivity index (χ1n) is 38.3. The second-order valence-corrected chi connectivity index (χ2v) is 27.3. The molecule has 0 aromatic carbocycles. The number of likely N-dealkylation sites (N-methyl/N-ethyl adjacent to an activating group) is 1. The van der Waals surface area contributed by atoms with E-state index in [4.69, 9.17) is 18.9 Å². The van der Waals surface area contributed by atoms with Crippen LogP contribution in [0.1, 0.15) is 380 Å². The number of hydrogen-bond acceptors (Lipinski definition) is 8. The second-order valence-electron chi connectivity index (χ2n) is 27.3. The van der Waals surface area contributed by atoms with Gasteiger partial charge in [0.2, 0.25) is 0 Å². The van der Waals surface area contributed by atoms with E-state index in [-0.39, 0.29) is 32.2 Å². The molecule has 88 heavy (non-hydrogen) atoms. The lowest BCUT2D eigenvalue weighted by Gasteiger charge is -2.26. The lowest BCUT2D eigenvalue weighted by Crippen LogP contribution is -2.44. The number of unbranched alkanes of at least 4 members (excludes halogenated alkanes) is 49. The van der Waals surface area contributed by atoms with Crippen LogP contribution in [0.5, 0.6) is 0 Å². The first kappa shape index (κ1) is 85.2. The van der Waals surface area contributed by atoms with Crippen LogP contribution in [-0.4, -0.2) is 82.3 Å². The van der Waals surface area contributed by atoms with E-state index in [9.17, 15) is 19.5 Å². The number of carbonyl (C=O) groups is 3. The van der Waals surface area contributed by atoms with E-state index in [1.807, 2.05) is 21.1 Å². The van der Waals surface area contributed by atoms with E-state index in [0.717, 1.165) is 70.6 Å². The van der Waals surface area contributed by atoms with Gasteiger partial charge in [0.15, 0.2) is 12.4 Å². The minimum atomic E-state index is -1.62. The number of nitrogens with zero attached hydrogens (tertiary/aromatic N) is 1. The molecule has 0 saturated heterocycles. The summed E-state index contributed by atoms with van der Waals surface area (Å²) in [6, 6.07) is 0. The fourth-order valence-corrected chi connectivity index (χ4v) is 11.5. The van der Waals surface area contributed by atoms with Crippen molar-refractivity contribution in [3.8, 4) is 0 Å². The molecule has 516 valence electrons. The van der Waals surface area contributed by atoms with E-state index < -0.39 is 24.3 Å². The van der Waals surface area contributed by atoms with Crippen LogP contribution in [0.25, 0.3) is 0 Å².